The minimum absolute atomic E-state index is 0.102. The predicted octanol–water partition coefficient (Wildman–Crippen LogP) is 10.1. The molecule has 1 aliphatic carbocycles. The lowest BCUT2D eigenvalue weighted by atomic mass is 9.77. The van der Waals surface area contributed by atoms with Gasteiger partial charge in [-0.25, -0.2) is 22.0 Å². The molecule has 1 saturated heterocycles. The van der Waals surface area contributed by atoms with Gasteiger partial charge < -0.3 is 14.2 Å². The third kappa shape index (κ3) is 7.46. The SMILES string of the molecule is CCCCCC1CCC(c2ccc(-c3ccc(C(F)(F)OC4COC(c5cc(F)c(F)c(F)c5)OC4)c(F)c3)c(F)c2)CC1. The second kappa shape index (κ2) is 14.0. The number of alkyl halides is 2. The standard InChI is InChI=1S/C34H35F7O3/c1-2-3-4-5-20-6-8-21(9-7-20)22-10-12-26(28(35)14-22)23-11-13-27(29(36)15-23)34(40,41)44-25-18-42-33(43-19-25)24-16-30(37)32(39)31(38)17-24/h10-17,20-21,25,33H,2-9,18-19H2,1H3. The Bertz CT molecular complexity index is 1410. The molecule has 3 aromatic carbocycles. The number of hydrogen-bond donors (Lipinski definition) is 0. The van der Waals surface area contributed by atoms with Crippen molar-refractivity contribution in [2.45, 2.75) is 82.7 Å². The van der Waals surface area contributed by atoms with E-state index in [1.165, 1.54) is 37.8 Å². The molecule has 2 fully saturated rings. The number of halogens is 7. The average Bonchev–Trinajstić information content (AvgIpc) is 3.00. The third-order valence-corrected chi connectivity index (χ3v) is 8.58. The molecule has 10 heteroatoms. The van der Waals surface area contributed by atoms with Crippen LogP contribution in [0.15, 0.2) is 48.5 Å². The highest BCUT2D eigenvalue weighted by Crippen LogP contribution is 2.40. The zero-order chi connectivity index (χ0) is 31.4. The van der Waals surface area contributed by atoms with Crippen LogP contribution >= 0.6 is 0 Å². The maximum Gasteiger partial charge on any atom is 0.386 e. The summed E-state index contributed by atoms with van der Waals surface area (Å²) in [7, 11) is 0. The maximum atomic E-state index is 15.2. The third-order valence-electron chi connectivity index (χ3n) is 8.58. The summed E-state index contributed by atoms with van der Waals surface area (Å²) >= 11 is 0. The van der Waals surface area contributed by atoms with E-state index in [9.17, 15) is 26.3 Å². The van der Waals surface area contributed by atoms with Crippen LogP contribution in [-0.4, -0.2) is 19.3 Å². The molecule has 0 amide bonds. The Morgan fingerprint density at radius 2 is 1.41 bits per heavy atom. The number of ether oxygens (including phenoxy) is 3. The van der Waals surface area contributed by atoms with Gasteiger partial charge in [-0.15, -0.1) is 0 Å². The first-order chi connectivity index (χ1) is 21.1. The molecule has 1 heterocycles. The molecule has 3 aromatic rings. The van der Waals surface area contributed by atoms with Crippen molar-refractivity contribution in [2.75, 3.05) is 13.2 Å². The molecule has 44 heavy (non-hydrogen) atoms. The van der Waals surface area contributed by atoms with E-state index in [1.807, 2.05) is 6.07 Å². The van der Waals surface area contributed by atoms with Crippen molar-refractivity contribution in [1.29, 1.82) is 0 Å². The summed E-state index contributed by atoms with van der Waals surface area (Å²) in [5.74, 6) is -5.43. The van der Waals surface area contributed by atoms with Crippen LogP contribution < -0.4 is 0 Å². The Labute approximate surface area is 252 Å². The molecule has 0 unspecified atom stereocenters. The number of rotatable bonds is 10. The summed E-state index contributed by atoms with van der Waals surface area (Å²) in [4.78, 5) is 0. The quantitative estimate of drug-likeness (QED) is 0.128. The summed E-state index contributed by atoms with van der Waals surface area (Å²) in [6, 6.07) is 9.09. The molecule has 0 atom stereocenters. The van der Waals surface area contributed by atoms with Gasteiger partial charge >= 0.3 is 6.11 Å². The van der Waals surface area contributed by atoms with Crippen LogP contribution in [0.5, 0.6) is 0 Å². The maximum absolute atomic E-state index is 15.2. The van der Waals surface area contributed by atoms with Crippen LogP contribution in [-0.2, 0) is 20.3 Å². The fraction of sp³-hybridized carbons (Fsp3) is 0.471. The zero-order valence-corrected chi connectivity index (χ0v) is 24.4. The van der Waals surface area contributed by atoms with Crippen molar-refractivity contribution in [2.24, 2.45) is 5.92 Å². The van der Waals surface area contributed by atoms with Crippen molar-refractivity contribution >= 4 is 0 Å². The molecule has 0 bridgehead atoms. The van der Waals surface area contributed by atoms with E-state index >= 15 is 4.39 Å². The molecule has 1 saturated carbocycles. The lowest BCUT2D eigenvalue weighted by Gasteiger charge is -2.32. The number of benzene rings is 3. The Balaban J connectivity index is 1.19. The lowest BCUT2D eigenvalue weighted by Crippen LogP contribution is -2.38. The summed E-state index contributed by atoms with van der Waals surface area (Å²) in [6.07, 6.45) is 2.38. The average molecular weight is 625 g/mol. The summed E-state index contributed by atoms with van der Waals surface area (Å²) in [5.41, 5.74) is -0.135. The lowest BCUT2D eigenvalue weighted by molar-refractivity contribution is -0.321. The van der Waals surface area contributed by atoms with Crippen molar-refractivity contribution in [3.05, 3.63) is 94.3 Å². The topological polar surface area (TPSA) is 27.7 Å². The van der Waals surface area contributed by atoms with E-state index in [4.69, 9.17) is 14.2 Å². The van der Waals surface area contributed by atoms with Gasteiger partial charge in [0, 0.05) is 11.1 Å². The molecule has 5 rings (SSSR count). The largest absolute Gasteiger partial charge is 0.386 e. The highest BCUT2D eigenvalue weighted by atomic mass is 19.3. The van der Waals surface area contributed by atoms with Crippen LogP contribution in [0.3, 0.4) is 0 Å². The Morgan fingerprint density at radius 3 is 2.02 bits per heavy atom. The van der Waals surface area contributed by atoms with Crippen molar-refractivity contribution in [3.8, 4) is 11.1 Å². The van der Waals surface area contributed by atoms with E-state index in [0.29, 0.717) is 12.1 Å². The second-order valence-electron chi connectivity index (χ2n) is 11.7. The van der Waals surface area contributed by atoms with Gasteiger partial charge in [0.15, 0.2) is 23.7 Å². The van der Waals surface area contributed by atoms with Crippen molar-refractivity contribution in [3.63, 3.8) is 0 Å². The second-order valence-corrected chi connectivity index (χ2v) is 11.7. The van der Waals surface area contributed by atoms with Crippen LogP contribution in [0.25, 0.3) is 11.1 Å². The summed E-state index contributed by atoms with van der Waals surface area (Å²) < 4.78 is 116. The van der Waals surface area contributed by atoms with E-state index in [0.717, 1.165) is 49.3 Å². The fourth-order valence-electron chi connectivity index (χ4n) is 6.14. The first kappa shape index (κ1) is 32.4. The van der Waals surface area contributed by atoms with E-state index in [-0.39, 0.29) is 22.6 Å². The van der Waals surface area contributed by atoms with Crippen molar-refractivity contribution in [1.82, 2.24) is 0 Å². The van der Waals surface area contributed by atoms with E-state index in [1.54, 1.807) is 6.07 Å². The zero-order valence-electron chi connectivity index (χ0n) is 24.4. The molecular weight excluding hydrogens is 589 g/mol. The van der Waals surface area contributed by atoms with Gasteiger partial charge in [-0.3, -0.25) is 0 Å². The molecule has 1 aliphatic heterocycles. The Hall–Kier alpha value is -2.95. The van der Waals surface area contributed by atoms with Crippen LogP contribution in [0.1, 0.15) is 87.2 Å². The predicted molar refractivity (Wildman–Crippen MR) is 150 cm³/mol. The van der Waals surface area contributed by atoms with Crippen molar-refractivity contribution < 1.29 is 44.9 Å². The van der Waals surface area contributed by atoms with Gasteiger partial charge in [-0.05, 0) is 79.0 Å². The molecular formula is C34H35F7O3. The van der Waals surface area contributed by atoms with Gasteiger partial charge in [0.1, 0.15) is 17.7 Å². The molecule has 0 aromatic heterocycles. The molecule has 0 N–H and O–H groups in total. The highest BCUT2D eigenvalue weighted by Gasteiger charge is 2.41. The Kier molecular flexibility index (Phi) is 10.3. The van der Waals surface area contributed by atoms with Crippen LogP contribution in [0, 0.1) is 35.0 Å². The van der Waals surface area contributed by atoms with Gasteiger partial charge in [0.2, 0.25) is 0 Å². The highest BCUT2D eigenvalue weighted by molar-refractivity contribution is 5.65. The molecule has 0 spiro atoms. The minimum atomic E-state index is -4.10. The molecule has 238 valence electrons. The van der Waals surface area contributed by atoms with Gasteiger partial charge in [-0.2, -0.15) is 8.78 Å². The minimum Gasteiger partial charge on any atom is -0.346 e. The summed E-state index contributed by atoms with van der Waals surface area (Å²) in [6.45, 7) is 1.24. The van der Waals surface area contributed by atoms with E-state index in [2.05, 4.69) is 6.92 Å². The van der Waals surface area contributed by atoms with Crippen LogP contribution in [0.2, 0.25) is 0 Å². The van der Waals surface area contributed by atoms with Gasteiger partial charge in [0.25, 0.3) is 0 Å². The number of hydrogen-bond acceptors (Lipinski definition) is 3. The monoisotopic (exact) mass is 624 g/mol. The first-order valence-electron chi connectivity index (χ1n) is 15.1. The normalized spacial score (nSPS) is 22.7. The molecule has 2 aliphatic rings. The number of unbranched alkanes of at least 4 members (excludes halogenated alkanes) is 2. The van der Waals surface area contributed by atoms with Gasteiger partial charge in [0.05, 0.1) is 18.8 Å². The van der Waals surface area contributed by atoms with Crippen LogP contribution in [0.4, 0.5) is 30.7 Å². The molecule has 3 nitrogen and oxygen atoms in total. The van der Waals surface area contributed by atoms with Gasteiger partial charge in [-0.1, -0.05) is 50.8 Å². The first-order valence-corrected chi connectivity index (χ1v) is 15.1. The van der Waals surface area contributed by atoms with E-state index < -0.39 is 66.4 Å². The fourth-order valence-corrected chi connectivity index (χ4v) is 6.14. The molecule has 0 radical (unpaired) electrons. The summed E-state index contributed by atoms with van der Waals surface area (Å²) in [5, 5.41) is 0. The Morgan fingerprint density at radius 1 is 0.750 bits per heavy atom. The smallest absolute Gasteiger partial charge is 0.346 e.